The molecular weight excluding hydrogens is 280 g/mol. The van der Waals surface area contributed by atoms with Crippen LogP contribution in [0.3, 0.4) is 0 Å². The van der Waals surface area contributed by atoms with Gasteiger partial charge in [-0.05, 0) is 28.9 Å². The summed E-state index contributed by atoms with van der Waals surface area (Å²) >= 11 is 0. The normalized spacial score (nSPS) is 17.0. The summed E-state index contributed by atoms with van der Waals surface area (Å²) in [6.45, 7) is 3.91. The quantitative estimate of drug-likeness (QED) is 0.837. The van der Waals surface area contributed by atoms with Crippen LogP contribution in [0.2, 0.25) is 0 Å². The molecule has 0 unspecified atom stereocenters. The van der Waals surface area contributed by atoms with E-state index in [9.17, 15) is 8.42 Å². The molecule has 0 fully saturated rings. The SMILES string of the molecule is C=C1C=C(c2ccccc2)S(=O)(=O)C(c2ccccc2)=C1. The van der Waals surface area contributed by atoms with Crippen LogP contribution < -0.4 is 0 Å². The Labute approximate surface area is 124 Å². The van der Waals surface area contributed by atoms with E-state index in [0.717, 1.165) is 0 Å². The second kappa shape index (κ2) is 5.19. The molecule has 0 bridgehead atoms. The van der Waals surface area contributed by atoms with E-state index < -0.39 is 9.84 Å². The van der Waals surface area contributed by atoms with Gasteiger partial charge in [-0.25, -0.2) is 8.42 Å². The third-order valence-electron chi connectivity index (χ3n) is 3.33. The van der Waals surface area contributed by atoms with Gasteiger partial charge in [0.2, 0.25) is 9.84 Å². The van der Waals surface area contributed by atoms with E-state index >= 15 is 0 Å². The van der Waals surface area contributed by atoms with Crippen molar-refractivity contribution < 1.29 is 8.42 Å². The molecule has 0 spiro atoms. The molecule has 1 aliphatic rings. The monoisotopic (exact) mass is 294 g/mol. The molecular formula is C18H14O2S. The van der Waals surface area contributed by atoms with Crippen molar-refractivity contribution >= 4 is 19.6 Å². The van der Waals surface area contributed by atoms with Crippen molar-refractivity contribution in [2.45, 2.75) is 0 Å². The lowest BCUT2D eigenvalue weighted by Gasteiger charge is -2.17. The average molecular weight is 294 g/mol. The van der Waals surface area contributed by atoms with Crippen LogP contribution in [0.4, 0.5) is 0 Å². The van der Waals surface area contributed by atoms with Gasteiger partial charge in [0.05, 0.1) is 9.81 Å². The molecule has 0 aliphatic carbocycles. The first-order valence-corrected chi connectivity index (χ1v) is 8.05. The van der Waals surface area contributed by atoms with Gasteiger partial charge < -0.3 is 0 Å². The smallest absolute Gasteiger partial charge is 0.207 e. The Morgan fingerprint density at radius 2 is 1.05 bits per heavy atom. The van der Waals surface area contributed by atoms with E-state index in [2.05, 4.69) is 6.58 Å². The fourth-order valence-electron chi connectivity index (χ4n) is 2.33. The molecule has 2 aromatic carbocycles. The highest BCUT2D eigenvalue weighted by Crippen LogP contribution is 2.37. The molecule has 2 nitrogen and oxygen atoms in total. The van der Waals surface area contributed by atoms with Crippen LogP contribution in [0.25, 0.3) is 9.81 Å². The highest BCUT2D eigenvalue weighted by molar-refractivity contribution is 8.09. The van der Waals surface area contributed by atoms with Crippen molar-refractivity contribution in [2.75, 3.05) is 0 Å². The van der Waals surface area contributed by atoms with Crippen molar-refractivity contribution in [1.82, 2.24) is 0 Å². The van der Waals surface area contributed by atoms with Gasteiger partial charge in [-0.1, -0.05) is 67.2 Å². The van der Waals surface area contributed by atoms with Gasteiger partial charge in [-0.15, -0.1) is 0 Å². The second-order valence-corrected chi connectivity index (χ2v) is 6.71. The Hall–Kier alpha value is -2.39. The summed E-state index contributed by atoms with van der Waals surface area (Å²) < 4.78 is 25.8. The number of rotatable bonds is 2. The molecule has 0 radical (unpaired) electrons. The molecule has 3 heteroatoms. The van der Waals surface area contributed by atoms with Gasteiger partial charge in [0.25, 0.3) is 0 Å². The molecule has 0 saturated heterocycles. The molecule has 2 aromatic rings. The number of sulfone groups is 1. The fourth-order valence-corrected chi connectivity index (χ4v) is 4.08. The number of hydrogen-bond acceptors (Lipinski definition) is 2. The fraction of sp³-hybridized carbons (Fsp3) is 0. The Morgan fingerprint density at radius 1 is 0.667 bits per heavy atom. The molecule has 0 aromatic heterocycles. The van der Waals surface area contributed by atoms with E-state index in [0.29, 0.717) is 26.5 Å². The molecule has 0 N–H and O–H groups in total. The van der Waals surface area contributed by atoms with Crippen molar-refractivity contribution in [1.29, 1.82) is 0 Å². The minimum Gasteiger partial charge on any atom is -0.218 e. The van der Waals surface area contributed by atoms with Crippen LogP contribution in [0.5, 0.6) is 0 Å². The summed E-state index contributed by atoms with van der Waals surface area (Å²) in [7, 11) is -3.54. The molecule has 1 heterocycles. The first kappa shape index (κ1) is 13.6. The van der Waals surface area contributed by atoms with Gasteiger partial charge >= 0.3 is 0 Å². The zero-order valence-corrected chi connectivity index (χ0v) is 12.2. The topological polar surface area (TPSA) is 34.1 Å². The van der Waals surface area contributed by atoms with Crippen LogP contribution >= 0.6 is 0 Å². The Bertz CT molecular complexity index is 777. The second-order valence-electron chi connectivity index (χ2n) is 4.83. The molecule has 104 valence electrons. The molecule has 0 atom stereocenters. The lowest BCUT2D eigenvalue weighted by atomic mass is 10.1. The van der Waals surface area contributed by atoms with E-state index in [-0.39, 0.29) is 0 Å². The third kappa shape index (κ3) is 2.48. The van der Waals surface area contributed by atoms with Gasteiger partial charge in [-0.3, -0.25) is 0 Å². The molecule has 3 rings (SSSR count). The van der Waals surface area contributed by atoms with Crippen LogP contribution in [0, 0.1) is 0 Å². The van der Waals surface area contributed by atoms with Gasteiger partial charge in [0, 0.05) is 0 Å². The first-order valence-electron chi connectivity index (χ1n) is 6.57. The number of benzene rings is 2. The molecule has 21 heavy (non-hydrogen) atoms. The number of allylic oxidation sites excluding steroid dienone is 3. The Kier molecular flexibility index (Phi) is 3.35. The zero-order chi connectivity index (χ0) is 14.9. The molecule has 1 aliphatic heterocycles. The summed E-state index contributed by atoms with van der Waals surface area (Å²) in [5.41, 5.74) is 2.04. The summed E-state index contributed by atoms with van der Waals surface area (Å²) in [5, 5.41) is 0. The van der Waals surface area contributed by atoms with Crippen LogP contribution in [-0.4, -0.2) is 8.42 Å². The predicted molar refractivity (Wildman–Crippen MR) is 86.9 cm³/mol. The van der Waals surface area contributed by atoms with E-state index in [1.807, 2.05) is 36.4 Å². The minimum absolute atomic E-state index is 0.300. The molecule has 0 saturated carbocycles. The first-order chi connectivity index (χ1) is 10.1. The zero-order valence-electron chi connectivity index (χ0n) is 11.4. The van der Waals surface area contributed by atoms with Gasteiger partial charge in [-0.2, -0.15) is 0 Å². The van der Waals surface area contributed by atoms with Crippen LogP contribution in [0.1, 0.15) is 11.1 Å². The number of hydrogen-bond donors (Lipinski definition) is 0. The summed E-state index contributed by atoms with van der Waals surface area (Å²) in [6, 6.07) is 18.2. The van der Waals surface area contributed by atoms with E-state index in [1.54, 1.807) is 36.4 Å². The standard InChI is InChI=1S/C18H14O2S/c1-14-12-17(15-8-4-2-5-9-15)21(19,20)18(13-14)16-10-6-3-7-11-16/h2-13H,1H2. The summed E-state index contributed by atoms with van der Waals surface area (Å²) in [6.07, 6.45) is 3.24. The average Bonchev–Trinajstić information content (AvgIpc) is 2.51. The van der Waals surface area contributed by atoms with Crippen molar-refractivity contribution in [3.05, 3.63) is 96.1 Å². The van der Waals surface area contributed by atoms with Crippen molar-refractivity contribution in [2.24, 2.45) is 0 Å². The van der Waals surface area contributed by atoms with Crippen molar-refractivity contribution in [3.63, 3.8) is 0 Å². The lowest BCUT2D eigenvalue weighted by molar-refractivity contribution is 0.614. The third-order valence-corrected chi connectivity index (χ3v) is 5.19. The highest BCUT2D eigenvalue weighted by Gasteiger charge is 2.28. The van der Waals surface area contributed by atoms with E-state index in [1.165, 1.54) is 0 Å². The maximum absolute atomic E-state index is 12.9. The highest BCUT2D eigenvalue weighted by atomic mass is 32.2. The minimum atomic E-state index is -3.54. The summed E-state index contributed by atoms with van der Waals surface area (Å²) in [4.78, 5) is 0.601. The Morgan fingerprint density at radius 3 is 1.43 bits per heavy atom. The molecule has 0 amide bonds. The summed E-state index contributed by atoms with van der Waals surface area (Å²) in [5.74, 6) is 0. The largest absolute Gasteiger partial charge is 0.218 e. The maximum atomic E-state index is 12.9. The van der Waals surface area contributed by atoms with Crippen LogP contribution in [-0.2, 0) is 9.84 Å². The Balaban J connectivity index is 2.17. The van der Waals surface area contributed by atoms with Crippen molar-refractivity contribution in [3.8, 4) is 0 Å². The van der Waals surface area contributed by atoms with Crippen LogP contribution in [0.15, 0.2) is 85.0 Å². The van der Waals surface area contributed by atoms with Gasteiger partial charge in [0.1, 0.15) is 0 Å². The van der Waals surface area contributed by atoms with E-state index in [4.69, 9.17) is 0 Å². The predicted octanol–water partition coefficient (Wildman–Crippen LogP) is 4.05. The lowest BCUT2D eigenvalue weighted by Crippen LogP contribution is -2.10. The van der Waals surface area contributed by atoms with Gasteiger partial charge in [0.15, 0.2) is 0 Å². The maximum Gasteiger partial charge on any atom is 0.207 e.